The topological polar surface area (TPSA) is 74.6 Å². The Morgan fingerprint density at radius 1 is 0.800 bits per heavy atom. The highest BCUT2D eigenvalue weighted by molar-refractivity contribution is 7.91. The van der Waals surface area contributed by atoms with E-state index in [1.807, 2.05) is 0 Å². The number of hydrogen-bond acceptors (Lipinski definition) is 4. The highest BCUT2D eigenvalue weighted by atomic mass is 32.2. The Morgan fingerprint density at radius 2 is 1.40 bits per heavy atom. The van der Waals surface area contributed by atoms with Crippen molar-refractivity contribution in [2.45, 2.75) is 30.6 Å². The first kappa shape index (κ1) is 14.4. The van der Waals surface area contributed by atoms with Gasteiger partial charge < -0.3 is 10.2 Å². The second kappa shape index (κ2) is 4.83. The Kier molecular flexibility index (Phi) is 3.48. The predicted octanol–water partition coefficient (Wildman–Crippen LogP) is 2.86. The fraction of sp³-hybridized carbons (Fsp3) is 0.200. The zero-order valence-corrected chi connectivity index (χ0v) is 12.3. The van der Waals surface area contributed by atoms with Gasteiger partial charge in [-0.1, -0.05) is 6.07 Å². The molecular weight excluding hydrogens is 276 g/mol. The van der Waals surface area contributed by atoms with Crippen LogP contribution in [0.5, 0.6) is 11.5 Å². The zero-order valence-electron chi connectivity index (χ0n) is 11.5. The molecule has 0 bridgehead atoms. The number of rotatable bonds is 2. The molecule has 20 heavy (non-hydrogen) atoms. The van der Waals surface area contributed by atoms with Crippen LogP contribution in [-0.2, 0) is 9.84 Å². The van der Waals surface area contributed by atoms with Gasteiger partial charge in [0.05, 0.1) is 9.79 Å². The van der Waals surface area contributed by atoms with E-state index in [9.17, 15) is 18.6 Å². The average molecular weight is 292 g/mol. The molecule has 0 fully saturated rings. The van der Waals surface area contributed by atoms with E-state index in [0.29, 0.717) is 16.7 Å². The third kappa shape index (κ3) is 2.36. The van der Waals surface area contributed by atoms with Gasteiger partial charge in [0.25, 0.3) is 0 Å². The van der Waals surface area contributed by atoms with Crippen molar-refractivity contribution in [3.63, 3.8) is 0 Å². The number of hydrogen-bond donors (Lipinski definition) is 2. The van der Waals surface area contributed by atoms with Crippen LogP contribution in [0.1, 0.15) is 16.7 Å². The van der Waals surface area contributed by atoms with Crippen LogP contribution in [0.15, 0.2) is 40.1 Å². The molecule has 2 aromatic carbocycles. The van der Waals surface area contributed by atoms with Crippen molar-refractivity contribution in [2.75, 3.05) is 0 Å². The van der Waals surface area contributed by atoms with E-state index in [4.69, 9.17) is 0 Å². The lowest BCUT2D eigenvalue weighted by atomic mass is 10.1. The smallest absolute Gasteiger partial charge is 0.206 e. The fourth-order valence-electron chi connectivity index (χ4n) is 1.86. The van der Waals surface area contributed by atoms with Gasteiger partial charge in [-0.25, -0.2) is 8.42 Å². The number of phenols is 2. The quantitative estimate of drug-likeness (QED) is 0.892. The first-order valence-corrected chi connectivity index (χ1v) is 7.56. The van der Waals surface area contributed by atoms with Gasteiger partial charge >= 0.3 is 0 Å². The monoisotopic (exact) mass is 292 g/mol. The van der Waals surface area contributed by atoms with E-state index < -0.39 is 9.84 Å². The van der Waals surface area contributed by atoms with Crippen LogP contribution >= 0.6 is 0 Å². The molecule has 0 atom stereocenters. The van der Waals surface area contributed by atoms with E-state index in [2.05, 4.69) is 0 Å². The van der Waals surface area contributed by atoms with Crippen molar-refractivity contribution < 1.29 is 18.6 Å². The van der Waals surface area contributed by atoms with Crippen LogP contribution in [0.3, 0.4) is 0 Å². The minimum Gasteiger partial charge on any atom is -0.508 e. The minimum atomic E-state index is -3.76. The van der Waals surface area contributed by atoms with Gasteiger partial charge in [-0.15, -0.1) is 0 Å². The van der Waals surface area contributed by atoms with E-state index in [-0.39, 0.29) is 21.3 Å². The van der Waals surface area contributed by atoms with Crippen LogP contribution in [-0.4, -0.2) is 18.6 Å². The summed E-state index contributed by atoms with van der Waals surface area (Å²) < 4.78 is 25.0. The fourth-order valence-corrected chi connectivity index (χ4v) is 3.24. The van der Waals surface area contributed by atoms with Gasteiger partial charge in [0.1, 0.15) is 11.5 Å². The van der Waals surface area contributed by atoms with Gasteiger partial charge in [-0.2, -0.15) is 0 Å². The maximum absolute atomic E-state index is 12.5. The summed E-state index contributed by atoms with van der Waals surface area (Å²) in [6, 6.07) is 6.95. The highest BCUT2D eigenvalue weighted by Crippen LogP contribution is 2.30. The average Bonchev–Trinajstić information content (AvgIpc) is 2.38. The molecule has 0 spiro atoms. The Hall–Kier alpha value is -2.01. The summed E-state index contributed by atoms with van der Waals surface area (Å²) in [4.78, 5) is 0.0182. The minimum absolute atomic E-state index is 0.00301. The van der Waals surface area contributed by atoms with Gasteiger partial charge in [-0.05, 0) is 61.7 Å². The van der Waals surface area contributed by atoms with Crippen LogP contribution in [0.2, 0.25) is 0 Å². The third-order valence-electron chi connectivity index (χ3n) is 3.41. The lowest BCUT2D eigenvalue weighted by Gasteiger charge is -2.10. The van der Waals surface area contributed by atoms with Crippen molar-refractivity contribution >= 4 is 9.84 Å². The zero-order chi connectivity index (χ0) is 15.1. The molecule has 0 saturated carbocycles. The lowest BCUT2D eigenvalue weighted by molar-refractivity contribution is 0.468. The van der Waals surface area contributed by atoms with Crippen molar-refractivity contribution in [1.29, 1.82) is 0 Å². The molecule has 2 rings (SSSR count). The molecule has 0 heterocycles. The number of sulfone groups is 1. The molecule has 0 amide bonds. The van der Waals surface area contributed by atoms with Gasteiger partial charge in [0.2, 0.25) is 9.84 Å². The first-order chi connectivity index (χ1) is 9.23. The molecule has 0 aliphatic carbocycles. The molecule has 0 unspecified atom stereocenters. The van der Waals surface area contributed by atoms with Crippen molar-refractivity contribution in [1.82, 2.24) is 0 Å². The molecule has 2 N–H and O–H groups in total. The Balaban J connectivity index is 2.63. The second-order valence-corrected chi connectivity index (χ2v) is 6.79. The molecule has 0 aliphatic heterocycles. The van der Waals surface area contributed by atoms with Crippen molar-refractivity contribution in [3.05, 3.63) is 47.0 Å². The van der Waals surface area contributed by atoms with E-state index in [1.54, 1.807) is 26.8 Å². The van der Waals surface area contributed by atoms with Gasteiger partial charge in [0.15, 0.2) is 0 Å². The van der Waals surface area contributed by atoms with Crippen LogP contribution in [0, 0.1) is 20.8 Å². The predicted molar refractivity (Wildman–Crippen MR) is 75.9 cm³/mol. The molecule has 0 aromatic heterocycles. The maximum atomic E-state index is 12.5. The molecule has 0 saturated heterocycles. The van der Waals surface area contributed by atoms with Crippen molar-refractivity contribution in [3.8, 4) is 11.5 Å². The standard InChI is InChI=1S/C15H16O4S/c1-9-4-5-12(7-14(9)16)20(18,19)13-6-10(2)11(3)15(17)8-13/h4-8,16-17H,1-3H3. The Labute approximate surface area is 118 Å². The number of aromatic hydroxyl groups is 2. The summed E-state index contributed by atoms with van der Waals surface area (Å²) in [6.07, 6.45) is 0. The summed E-state index contributed by atoms with van der Waals surface area (Å²) in [6.45, 7) is 5.15. The molecule has 5 heteroatoms. The number of benzene rings is 2. The van der Waals surface area contributed by atoms with Crippen LogP contribution in [0.25, 0.3) is 0 Å². The van der Waals surface area contributed by atoms with Crippen molar-refractivity contribution in [2.24, 2.45) is 0 Å². The molecule has 2 aromatic rings. The highest BCUT2D eigenvalue weighted by Gasteiger charge is 2.20. The number of aryl methyl sites for hydroxylation is 2. The molecular formula is C15H16O4S. The van der Waals surface area contributed by atoms with E-state index in [1.165, 1.54) is 24.3 Å². The first-order valence-electron chi connectivity index (χ1n) is 6.08. The maximum Gasteiger partial charge on any atom is 0.206 e. The largest absolute Gasteiger partial charge is 0.508 e. The summed E-state index contributed by atoms with van der Waals surface area (Å²) in [5.41, 5.74) is 1.95. The Bertz CT molecular complexity index is 753. The van der Waals surface area contributed by atoms with Crippen LogP contribution in [0.4, 0.5) is 0 Å². The van der Waals surface area contributed by atoms with Crippen LogP contribution < -0.4 is 0 Å². The van der Waals surface area contributed by atoms with E-state index >= 15 is 0 Å². The summed E-state index contributed by atoms with van der Waals surface area (Å²) in [7, 11) is -3.76. The molecule has 4 nitrogen and oxygen atoms in total. The van der Waals surface area contributed by atoms with Gasteiger partial charge in [-0.3, -0.25) is 0 Å². The third-order valence-corrected chi connectivity index (χ3v) is 5.15. The Morgan fingerprint density at radius 3 is 1.95 bits per heavy atom. The summed E-state index contributed by atoms with van der Waals surface area (Å²) in [5, 5.41) is 19.4. The SMILES string of the molecule is Cc1ccc(S(=O)(=O)c2cc(C)c(C)c(O)c2)cc1O. The molecule has 106 valence electrons. The summed E-state index contributed by atoms with van der Waals surface area (Å²) >= 11 is 0. The normalized spacial score (nSPS) is 11.6. The lowest BCUT2D eigenvalue weighted by Crippen LogP contribution is -2.03. The summed E-state index contributed by atoms with van der Waals surface area (Å²) in [5.74, 6) is -0.126. The number of phenolic OH excluding ortho intramolecular Hbond substituents is 2. The van der Waals surface area contributed by atoms with E-state index in [0.717, 1.165) is 0 Å². The molecule has 0 aliphatic rings. The van der Waals surface area contributed by atoms with Gasteiger partial charge in [0, 0.05) is 0 Å². The second-order valence-electron chi connectivity index (χ2n) is 4.84. The molecule has 0 radical (unpaired) electrons.